The van der Waals surface area contributed by atoms with E-state index in [0.717, 1.165) is 28.0 Å². The van der Waals surface area contributed by atoms with Crippen molar-refractivity contribution >= 4 is 15.9 Å². The van der Waals surface area contributed by atoms with Crippen molar-refractivity contribution in [2.45, 2.75) is 6.54 Å². The van der Waals surface area contributed by atoms with Gasteiger partial charge >= 0.3 is 0 Å². The summed E-state index contributed by atoms with van der Waals surface area (Å²) in [5, 5.41) is 7.55. The summed E-state index contributed by atoms with van der Waals surface area (Å²) in [6.07, 6.45) is 3.60. The molecule has 2 heterocycles. The van der Waals surface area contributed by atoms with Crippen LogP contribution in [0.1, 0.15) is 5.69 Å². The molecule has 2 aromatic rings. The van der Waals surface area contributed by atoms with Crippen LogP contribution in [0.15, 0.2) is 29.0 Å². The third kappa shape index (κ3) is 2.01. The number of halogens is 1. The van der Waals surface area contributed by atoms with E-state index < -0.39 is 0 Å². The minimum absolute atomic E-state index is 0.745. The van der Waals surface area contributed by atoms with Gasteiger partial charge in [0.05, 0.1) is 15.9 Å². The van der Waals surface area contributed by atoms with Gasteiger partial charge in [0.25, 0.3) is 0 Å². The lowest BCUT2D eigenvalue weighted by Crippen LogP contribution is -2.06. The molecule has 0 radical (unpaired) electrons. The molecule has 0 aromatic carbocycles. The lowest BCUT2D eigenvalue weighted by atomic mass is 10.2. The fourth-order valence-electron chi connectivity index (χ4n) is 1.65. The van der Waals surface area contributed by atoms with Crippen LogP contribution in [-0.4, -0.2) is 21.8 Å². The minimum atomic E-state index is 0.745. The molecular formula is C11H13BrN4. The molecule has 0 atom stereocenters. The Morgan fingerprint density at radius 2 is 2.31 bits per heavy atom. The van der Waals surface area contributed by atoms with Crippen LogP contribution in [0.5, 0.6) is 0 Å². The first-order chi connectivity index (χ1) is 7.74. The quantitative estimate of drug-likeness (QED) is 0.935. The Morgan fingerprint density at radius 3 is 2.94 bits per heavy atom. The van der Waals surface area contributed by atoms with Crippen LogP contribution < -0.4 is 5.32 Å². The fraction of sp³-hybridized carbons (Fsp3) is 0.273. The van der Waals surface area contributed by atoms with Gasteiger partial charge in [-0.15, -0.1) is 0 Å². The zero-order valence-corrected chi connectivity index (χ0v) is 10.8. The number of hydrogen-bond donors (Lipinski definition) is 1. The highest BCUT2D eigenvalue weighted by Crippen LogP contribution is 2.29. The molecule has 1 N–H and O–H groups in total. The Hall–Kier alpha value is -1.20. The van der Waals surface area contributed by atoms with Gasteiger partial charge in [-0.2, -0.15) is 5.10 Å². The molecule has 0 aliphatic carbocycles. The molecule has 4 nitrogen and oxygen atoms in total. The predicted octanol–water partition coefficient (Wildman–Crippen LogP) is 1.96. The summed E-state index contributed by atoms with van der Waals surface area (Å²) < 4.78 is 2.89. The van der Waals surface area contributed by atoms with Gasteiger partial charge in [-0.05, 0) is 35.1 Å². The molecule has 0 aliphatic heterocycles. The number of nitrogens with zero attached hydrogens (tertiary/aromatic N) is 3. The SMILES string of the molecule is CNCc1nn(C)c(-c2cccnc2)c1Br. The van der Waals surface area contributed by atoms with Crippen LogP contribution in [0.4, 0.5) is 0 Å². The summed E-state index contributed by atoms with van der Waals surface area (Å²) in [5.41, 5.74) is 3.12. The van der Waals surface area contributed by atoms with E-state index in [0.29, 0.717) is 0 Å². The van der Waals surface area contributed by atoms with Crippen LogP contribution in [0.25, 0.3) is 11.3 Å². The molecule has 0 fully saturated rings. The van der Waals surface area contributed by atoms with E-state index in [9.17, 15) is 0 Å². The third-order valence-electron chi connectivity index (χ3n) is 2.33. The van der Waals surface area contributed by atoms with E-state index >= 15 is 0 Å². The van der Waals surface area contributed by atoms with E-state index in [2.05, 4.69) is 31.3 Å². The number of nitrogens with one attached hydrogen (secondary N) is 1. The van der Waals surface area contributed by atoms with Crippen molar-refractivity contribution in [1.82, 2.24) is 20.1 Å². The Morgan fingerprint density at radius 1 is 1.50 bits per heavy atom. The molecule has 2 rings (SSSR count). The monoisotopic (exact) mass is 280 g/mol. The zero-order chi connectivity index (χ0) is 11.5. The van der Waals surface area contributed by atoms with Gasteiger partial charge in [0.2, 0.25) is 0 Å². The Bertz CT molecular complexity index is 478. The predicted molar refractivity (Wildman–Crippen MR) is 66.9 cm³/mol. The Balaban J connectivity index is 2.49. The molecule has 0 spiro atoms. The molecular weight excluding hydrogens is 268 g/mol. The van der Waals surface area contributed by atoms with Crippen molar-refractivity contribution in [2.75, 3.05) is 7.05 Å². The van der Waals surface area contributed by atoms with Crippen molar-refractivity contribution in [3.63, 3.8) is 0 Å². The van der Waals surface area contributed by atoms with Crippen molar-refractivity contribution in [1.29, 1.82) is 0 Å². The molecule has 0 saturated carbocycles. The standard InChI is InChI=1S/C11H13BrN4/c1-13-7-9-10(12)11(16(2)15-9)8-4-3-5-14-6-8/h3-6,13H,7H2,1-2H3. The summed E-state index contributed by atoms with van der Waals surface area (Å²) in [7, 11) is 3.84. The topological polar surface area (TPSA) is 42.7 Å². The smallest absolute Gasteiger partial charge is 0.0910 e. The molecule has 0 amide bonds. The van der Waals surface area contributed by atoms with Crippen LogP contribution in [0.3, 0.4) is 0 Å². The van der Waals surface area contributed by atoms with Crippen molar-refractivity contribution in [3.05, 3.63) is 34.7 Å². The van der Waals surface area contributed by atoms with E-state index in [1.54, 1.807) is 6.20 Å². The fourth-order valence-corrected chi connectivity index (χ4v) is 2.36. The molecule has 0 saturated heterocycles. The number of rotatable bonds is 3. The van der Waals surface area contributed by atoms with Gasteiger partial charge in [-0.25, -0.2) is 0 Å². The van der Waals surface area contributed by atoms with E-state index in [1.165, 1.54) is 0 Å². The molecule has 2 aromatic heterocycles. The Kier molecular flexibility index (Phi) is 3.36. The van der Waals surface area contributed by atoms with Crippen molar-refractivity contribution < 1.29 is 0 Å². The van der Waals surface area contributed by atoms with E-state index in [-0.39, 0.29) is 0 Å². The molecule has 16 heavy (non-hydrogen) atoms. The average Bonchev–Trinajstić information content (AvgIpc) is 2.56. The first-order valence-corrected chi connectivity index (χ1v) is 5.79. The van der Waals surface area contributed by atoms with Gasteiger partial charge in [0.15, 0.2) is 0 Å². The van der Waals surface area contributed by atoms with Crippen LogP contribution >= 0.6 is 15.9 Å². The van der Waals surface area contributed by atoms with Gasteiger partial charge in [-0.1, -0.05) is 0 Å². The number of pyridine rings is 1. The summed E-state index contributed by atoms with van der Waals surface area (Å²) in [4.78, 5) is 4.12. The minimum Gasteiger partial charge on any atom is -0.314 e. The molecule has 5 heteroatoms. The maximum absolute atomic E-state index is 4.46. The highest BCUT2D eigenvalue weighted by atomic mass is 79.9. The van der Waals surface area contributed by atoms with Gasteiger partial charge in [0, 0.05) is 31.5 Å². The van der Waals surface area contributed by atoms with Crippen LogP contribution in [0.2, 0.25) is 0 Å². The second-order valence-electron chi connectivity index (χ2n) is 3.50. The zero-order valence-electron chi connectivity index (χ0n) is 9.24. The largest absolute Gasteiger partial charge is 0.314 e. The first-order valence-electron chi connectivity index (χ1n) is 5.00. The second-order valence-corrected chi connectivity index (χ2v) is 4.30. The van der Waals surface area contributed by atoms with Gasteiger partial charge < -0.3 is 5.32 Å². The third-order valence-corrected chi connectivity index (χ3v) is 3.17. The van der Waals surface area contributed by atoms with Crippen LogP contribution in [0, 0.1) is 0 Å². The molecule has 0 aliphatic rings. The maximum Gasteiger partial charge on any atom is 0.0910 e. The summed E-state index contributed by atoms with van der Waals surface area (Å²) >= 11 is 3.59. The molecule has 84 valence electrons. The summed E-state index contributed by atoms with van der Waals surface area (Å²) in [5.74, 6) is 0. The van der Waals surface area contributed by atoms with E-state index in [4.69, 9.17) is 0 Å². The van der Waals surface area contributed by atoms with Crippen molar-refractivity contribution in [2.24, 2.45) is 7.05 Å². The summed E-state index contributed by atoms with van der Waals surface area (Å²) in [6.45, 7) is 0.745. The number of hydrogen-bond acceptors (Lipinski definition) is 3. The van der Waals surface area contributed by atoms with Crippen LogP contribution in [-0.2, 0) is 13.6 Å². The highest BCUT2D eigenvalue weighted by molar-refractivity contribution is 9.10. The lowest BCUT2D eigenvalue weighted by Gasteiger charge is -2.01. The van der Waals surface area contributed by atoms with Crippen molar-refractivity contribution in [3.8, 4) is 11.3 Å². The summed E-state index contributed by atoms with van der Waals surface area (Å²) in [6, 6.07) is 3.95. The average molecular weight is 281 g/mol. The normalized spacial score (nSPS) is 10.7. The molecule has 0 unspecified atom stereocenters. The highest BCUT2D eigenvalue weighted by Gasteiger charge is 2.14. The van der Waals surface area contributed by atoms with Gasteiger partial charge in [0.1, 0.15) is 0 Å². The second kappa shape index (κ2) is 4.76. The Labute approximate surface area is 103 Å². The molecule has 0 bridgehead atoms. The number of aromatic nitrogens is 3. The maximum atomic E-state index is 4.46. The number of aryl methyl sites for hydroxylation is 1. The lowest BCUT2D eigenvalue weighted by molar-refractivity contribution is 0.715. The first kappa shape index (κ1) is 11.3. The van der Waals surface area contributed by atoms with Gasteiger partial charge in [-0.3, -0.25) is 9.67 Å². The van der Waals surface area contributed by atoms with E-state index in [1.807, 2.05) is 37.1 Å².